The highest BCUT2D eigenvalue weighted by atomic mass is 16.5. The van der Waals surface area contributed by atoms with Gasteiger partial charge in [-0.3, -0.25) is 9.59 Å². The Hall–Kier alpha value is -3.02. The number of carbonyl (C=O) groups excluding carboxylic acids is 2. The Morgan fingerprint density at radius 2 is 2.00 bits per heavy atom. The van der Waals surface area contributed by atoms with Crippen molar-refractivity contribution in [1.82, 2.24) is 5.32 Å². The van der Waals surface area contributed by atoms with E-state index in [1.807, 2.05) is 38.1 Å². The second kappa shape index (κ2) is 7.47. The molecular weight excluding hydrogens is 332 g/mol. The normalized spacial score (nSPS) is 15.7. The van der Waals surface area contributed by atoms with Crippen LogP contribution in [0.3, 0.4) is 0 Å². The third-order valence-electron chi connectivity index (χ3n) is 4.31. The molecule has 26 heavy (non-hydrogen) atoms. The van der Waals surface area contributed by atoms with Gasteiger partial charge in [0.1, 0.15) is 11.5 Å². The van der Waals surface area contributed by atoms with Gasteiger partial charge in [-0.15, -0.1) is 0 Å². The van der Waals surface area contributed by atoms with Crippen molar-refractivity contribution in [2.24, 2.45) is 0 Å². The van der Waals surface area contributed by atoms with Crippen LogP contribution in [-0.4, -0.2) is 38.1 Å². The topological polar surface area (TPSA) is 67.9 Å². The molecule has 0 aliphatic carbocycles. The molecule has 6 nitrogen and oxygen atoms in total. The second-order valence-electron chi connectivity index (χ2n) is 6.25. The third-order valence-corrected chi connectivity index (χ3v) is 4.31. The zero-order valence-corrected chi connectivity index (χ0v) is 15.1. The molecular formula is C20H22N2O4. The monoisotopic (exact) mass is 354 g/mol. The van der Waals surface area contributed by atoms with E-state index in [0.29, 0.717) is 17.2 Å². The summed E-state index contributed by atoms with van der Waals surface area (Å²) in [6.45, 7) is 3.94. The number of hydrogen-bond acceptors (Lipinski definition) is 4. The smallest absolute Gasteiger partial charge is 0.265 e. The van der Waals surface area contributed by atoms with Crippen LogP contribution < -0.4 is 19.7 Å². The molecule has 2 amide bonds. The largest absolute Gasteiger partial charge is 0.483 e. The zero-order chi connectivity index (χ0) is 18.7. The number of anilines is 1. The number of hydrogen-bond donors (Lipinski definition) is 1. The molecule has 2 aromatic rings. The van der Waals surface area contributed by atoms with Gasteiger partial charge >= 0.3 is 0 Å². The van der Waals surface area contributed by atoms with Gasteiger partial charge in [0, 0.05) is 7.05 Å². The summed E-state index contributed by atoms with van der Waals surface area (Å²) in [6.07, 6.45) is -0.750. The number of para-hydroxylation sites is 2. The number of nitrogens with zero attached hydrogens (tertiary/aromatic N) is 1. The SMILES string of the molecule is CNC(=O)C1CN(C(=O)COc2cc(C)ccc2C)c2ccccc2O1. The predicted octanol–water partition coefficient (Wildman–Crippen LogP) is 2.22. The molecule has 1 aliphatic heterocycles. The molecule has 0 radical (unpaired) electrons. The number of amides is 2. The number of nitrogens with one attached hydrogen (secondary N) is 1. The number of rotatable bonds is 4. The average molecular weight is 354 g/mol. The summed E-state index contributed by atoms with van der Waals surface area (Å²) in [6, 6.07) is 13.0. The zero-order valence-electron chi connectivity index (χ0n) is 15.1. The number of aryl methyl sites for hydroxylation is 2. The Morgan fingerprint density at radius 1 is 1.23 bits per heavy atom. The van der Waals surface area contributed by atoms with E-state index in [4.69, 9.17) is 9.47 Å². The van der Waals surface area contributed by atoms with Gasteiger partial charge in [0.2, 0.25) is 0 Å². The van der Waals surface area contributed by atoms with Crippen molar-refractivity contribution in [3.8, 4) is 11.5 Å². The van der Waals surface area contributed by atoms with Crippen molar-refractivity contribution in [2.75, 3.05) is 25.1 Å². The Kier molecular flexibility index (Phi) is 5.11. The Labute approximate surface area is 152 Å². The molecule has 0 fully saturated rings. The van der Waals surface area contributed by atoms with Gasteiger partial charge in [-0.05, 0) is 43.2 Å². The molecule has 1 N–H and O–H groups in total. The lowest BCUT2D eigenvalue weighted by Gasteiger charge is -2.34. The summed E-state index contributed by atoms with van der Waals surface area (Å²) < 4.78 is 11.5. The van der Waals surface area contributed by atoms with Gasteiger partial charge < -0.3 is 19.7 Å². The van der Waals surface area contributed by atoms with Crippen molar-refractivity contribution in [1.29, 1.82) is 0 Å². The van der Waals surface area contributed by atoms with E-state index in [1.54, 1.807) is 30.1 Å². The van der Waals surface area contributed by atoms with Gasteiger partial charge in [-0.25, -0.2) is 0 Å². The summed E-state index contributed by atoms with van der Waals surface area (Å²) >= 11 is 0. The fourth-order valence-electron chi connectivity index (χ4n) is 2.85. The molecule has 1 unspecified atom stereocenters. The molecule has 0 bridgehead atoms. The van der Waals surface area contributed by atoms with Crippen molar-refractivity contribution in [2.45, 2.75) is 20.0 Å². The summed E-state index contributed by atoms with van der Waals surface area (Å²) in [7, 11) is 1.54. The Morgan fingerprint density at radius 3 is 2.77 bits per heavy atom. The maximum atomic E-state index is 12.8. The molecule has 3 rings (SSSR count). The lowest BCUT2D eigenvalue weighted by Crippen LogP contribution is -2.51. The van der Waals surface area contributed by atoms with Crippen LogP contribution in [0.25, 0.3) is 0 Å². The van der Waals surface area contributed by atoms with E-state index in [2.05, 4.69) is 5.32 Å². The number of likely N-dealkylation sites (N-methyl/N-ethyl adjacent to an activating group) is 1. The minimum atomic E-state index is -0.750. The molecule has 2 aromatic carbocycles. The van der Waals surface area contributed by atoms with Crippen molar-refractivity contribution in [3.05, 3.63) is 53.6 Å². The molecule has 0 saturated heterocycles. The van der Waals surface area contributed by atoms with Gasteiger partial charge in [0.25, 0.3) is 11.8 Å². The van der Waals surface area contributed by atoms with E-state index in [-0.39, 0.29) is 25.0 Å². The van der Waals surface area contributed by atoms with Crippen LogP contribution in [0, 0.1) is 13.8 Å². The molecule has 1 aliphatic rings. The number of ether oxygens (including phenoxy) is 2. The van der Waals surface area contributed by atoms with Crippen LogP contribution >= 0.6 is 0 Å². The number of benzene rings is 2. The standard InChI is InChI=1S/C20H22N2O4/c1-13-8-9-14(2)17(10-13)25-12-19(23)22-11-18(20(24)21-3)26-16-7-5-4-6-15(16)22/h4-10,18H,11-12H2,1-3H3,(H,21,24). The van der Waals surface area contributed by atoms with Crippen LogP contribution in [0.15, 0.2) is 42.5 Å². The van der Waals surface area contributed by atoms with E-state index in [9.17, 15) is 9.59 Å². The summed E-state index contributed by atoms with van der Waals surface area (Å²) in [5, 5.41) is 2.56. The quantitative estimate of drug-likeness (QED) is 0.914. The highest BCUT2D eigenvalue weighted by Crippen LogP contribution is 2.33. The minimum absolute atomic E-state index is 0.112. The fourth-order valence-corrected chi connectivity index (χ4v) is 2.85. The molecule has 1 heterocycles. The van der Waals surface area contributed by atoms with Crippen molar-refractivity contribution >= 4 is 17.5 Å². The molecule has 0 aromatic heterocycles. The van der Waals surface area contributed by atoms with Gasteiger partial charge in [-0.2, -0.15) is 0 Å². The van der Waals surface area contributed by atoms with Gasteiger partial charge in [0.05, 0.1) is 12.2 Å². The lowest BCUT2D eigenvalue weighted by atomic mass is 10.1. The van der Waals surface area contributed by atoms with Crippen LogP contribution in [0.1, 0.15) is 11.1 Å². The predicted molar refractivity (Wildman–Crippen MR) is 98.7 cm³/mol. The Balaban J connectivity index is 1.79. The lowest BCUT2D eigenvalue weighted by molar-refractivity contribution is -0.128. The highest BCUT2D eigenvalue weighted by Gasteiger charge is 2.33. The first-order valence-corrected chi connectivity index (χ1v) is 8.47. The highest BCUT2D eigenvalue weighted by molar-refractivity contribution is 5.98. The summed E-state index contributed by atoms with van der Waals surface area (Å²) in [5.74, 6) is 0.693. The maximum absolute atomic E-state index is 12.8. The van der Waals surface area contributed by atoms with Crippen molar-refractivity contribution < 1.29 is 19.1 Å². The van der Waals surface area contributed by atoms with Crippen LogP contribution in [-0.2, 0) is 9.59 Å². The van der Waals surface area contributed by atoms with Gasteiger partial charge in [-0.1, -0.05) is 24.3 Å². The number of carbonyl (C=O) groups is 2. The third kappa shape index (κ3) is 3.64. The first kappa shape index (κ1) is 17.8. The Bertz CT molecular complexity index is 834. The van der Waals surface area contributed by atoms with E-state index < -0.39 is 6.10 Å². The molecule has 0 saturated carbocycles. The fraction of sp³-hybridized carbons (Fsp3) is 0.300. The van der Waals surface area contributed by atoms with Crippen LogP contribution in [0.4, 0.5) is 5.69 Å². The molecule has 0 spiro atoms. The van der Waals surface area contributed by atoms with Crippen LogP contribution in [0.5, 0.6) is 11.5 Å². The van der Waals surface area contributed by atoms with Gasteiger partial charge in [0.15, 0.2) is 12.7 Å². The molecule has 136 valence electrons. The first-order chi connectivity index (χ1) is 12.5. The molecule has 1 atom stereocenters. The second-order valence-corrected chi connectivity index (χ2v) is 6.25. The van der Waals surface area contributed by atoms with E-state index >= 15 is 0 Å². The van der Waals surface area contributed by atoms with Crippen LogP contribution in [0.2, 0.25) is 0 Å². The average Bonchev–Trinajstić information content (AvgIpc) is 2.66. The summed E-state index contributed by atoms with van der Waals surface area (Å²) in [4.78, 5) is 26.3. The summed E-state index contributed by atoms with van der Waals surface area (Å²) in [5.41, 5.74) is 2.67. The maximum Gasteiger partial charge on any atom is 0.265 e. The first-order valence-electron chi connectivity index (χ1n) is 8.47. The van der Waals surface area contributed by atoms with E-state index in [1.165, 1.54) is 0 Å². The van der Waals surface area contributed by atoms with E-state index in [0.717, 1.165) is 11.1 Å². The minimum Gasteiger partial charge on any atom is -0.483 e. The number of fused-ring (bicyclic) bond motifs is 1. The molecule has 6 heteroatoms. The van der Waals surface area contributed by atoms with Crippen molar-refractivity contribution in [3.63, 3.8) is 0 Å².